The molecule has 2 aliphatic heterocycles. The first-order chi connectivity index (χ1) is 12.2. The Morgan fingerprint density at radius 1 is 1.28 bits per heavy atom. The standard InChI is InChI=1S/C18H19FN2O3S/c19-13-1-3-14(4-2-13)21-6-5-12(10-21)9-20-18(22)17-16-15(11-25-17)23-7-8-24-16/h1-4,11-12H,5-10H2,(H,20,22). The highest BCUT2D eigenvalue weighted by molar-refractivity contribution is 7.12. The molecule has 0 aliphatic carbocycles. The van der Waals surface area contributed by atoms with Gasteiger partial charge < -0.3 is 19.7 Å². The number of halogens is 1. The van der Waals surface area contributed by atoms with Crippen molar-refractivity contribution >= 4 is 22.9 Å². The topological polar surface area (TPSA) is 50.8 Å². The minimum Gasteiger partial charge on any atom is -0.485 e. The quantitative estimate of drug-likeness (QED) is 0.909. The summed E-state index contributed by atoms with van der Waals surface area (Å²) < 4.78 is 24.1. The van der Waals surface area contributed by atoms with Crippen LogP contribution in [0.25, 0.3) is 0 Å². The Bertz CT molecular complexity index is 762. The summed E-state index contributed by atoms with van der Waals surface area (Å²) in [6.45, 7) is 3.38. The molecule has 2 aromatic rings. The van der Waals surface area contributed by atoms with Gasteiger partial charge in [-0.2, -0.15) is 0 Å². The second kappa shape index (κ2) is 6.92. The maximum Gasteiger partial charge on any atom is 0.265 e. The van der Waals surface area contributed by atoms with Gasteiger partial charge in [0.2, 0.25) is 0 Å². The number of nitrogens with zero attached hydrogens (tertiary/aromatic N) is 1. The van der Waals surface area contributed by atoms with E-state index in [9.17, 15) is 9.18 Å². The van der Waals surface area contributed by atoms with Gasteiger partial charge in [0.15, 0.2) is 11.5 Å². The summed E-state index contributed by atoms with van der Waals surface area (Å²) in [4.78, 5) is 15.2. The number of anilines is 1. The van der Waals surface area contributed by atoms with E-state index in [1.807, 2.05) is 5.38 Å². The molecule has 1 fully saturated rings. The lowest BCUT2D eigenvalue weighted by Crippen LogP contribution is -2.31. The Balaban J connectivity index is 1.32. The number of amides is 1. The molecule has 1 unspecified atom stereocenters. The van der Waals surface area contributed by atoms with Crippen LogP contribution in [-0.4, -0.2) is 38.8 Å². The van der Waals surface area contributed by atoms with Crippen LogP contribution in [0.3, 0.4) is 0 Å². The van der Waals surface area contributed by atoms with Crippen LogP contribution in [0.1, 0.15) is 16.1 Å². The second-order valence-corrected chi connectivity index (χ2v) is 7.12. The average Bonchev–Trinajstić information content (AvgIpc) is 3.27. The van der Waals surface area contributed by atoms with Crippen LogP contribution in [0.15, 0.2) is 29.6 Å². The molecule has 1 aromatic carbocycles. The average molecular weight is 362 g/mol. The third kappa shape index (κ3) is 3.42. The van der Waals surface area contributed by atoms with Crippen molar-refractivity contribution in [3.63, 3.8) is 0 Å². The number of hydrogen-bond donors (Lipinski definition) is 1. The zero-order valence-electron chi connectivity index (χ0n) is 13.7. The van der Waals surface area contributed by atoms with Crippen LogP contribution < -0.4 is 19.7 Å². The van der Waals surface area contributed by atoms with Crippen molar-refractivity contribution in [2.24, 2.45) is 5.92 Å². The van der Waals surface area contributed by atoms with Crippen LogP contribution in [-0.2, 0) is 0 Å². The fourth-order valence-corrected chi connectivity index (χ4v) is 4.07. The fraction of sp³-hybridized carbons (Fsp3) is 0.389. The predicted molar refractivity (Wildman–Crippen MR) is 94.4 cm³/mol. The molecule has 1 saturated heterocycles. The van der Waals surface area contributed by atoms with Crippen LogP contribution in [0.2, 0.25) is 0 Å². The zero-order valence-corrected chi connectivity index (χ0v) is 14.5. The fourth-order valence-electron chi connectivity index (χ4n) is 3.22. The molecule has 25 heavy (non-hydrogen) atoms. The first-order valence-electron chi connectivity index (χ1n) is 8.36. The van der Waals surface area contributed by atoms with E-state index in [2.05, 4.69) is 10.2 Å². The highest BCUT2D eigenvalue weighted by Gasteiger charge is 2.26. The molecule has 4 rings (SSSR count). The lowest BCUT2D eigenvalue weighted by atomic mass is 10.1. The van der Waals surface area contributed by atoms with Crippen molar-refractivity contribution in [2.75, 3.05) is 37.7 Å². The van der Waals surface area contributed by atoms with Crippen LogP contribution in [0.5, 0.6) is 11.5 Å². The zero-order chi connectivity index (χ0) is 17.2. The first kappa shape index (κ1) is 16.2. The SMILES string of the molecule is O=C(NCC1CCN(c2ccc(F)cc2)C1)c1scc2c1OCCO2. The van der Waals surface area contributed by atoms with Gasteiger partial charge in [-0.1, -0.05) is 0 Å². The van der Waals surface area contributed by atoms with Crippen LogP contribution in [0, 0.1) is 11.7 Å². The number of nitrogens with one attached hydrogen (secondary N) is 1. The van der Waals surface area contributed by atoms with Gasteiger partial charge in [0.25, 0.3) is 5.91 Å². The number of fused-ring (bicyclic) bond motifs is 1. The van der Waals surface area contributed by atoms with Gasteiger partial charge in [-0.3, -0.25) is 4.79 Å². The van der Waals surface area contributed by atoms with Crippen LogP contribution >= 0.6 is 11.3 Å². The Labute approximate surface area is 149 Å². The molecule has 1 atom stereocenters. The second-order valence-electron chi connectivity index (χ2n) is 6.24. The van der Waals surface area contributed by atoms with E-state index < -0.39 is 0 Å². The highest BCUT2D eigenvalue weighted by Crippen LogP contribution is 2.39. The largest absolute Gasteiger partial charge is 0.485 e. The van der Waals surface area contributed by atoms with E-state index in [-0.39, 0.29) is 11.7 Å². The molecule has 0 radical (unpaired) electrons. The van der Waals surface area contributed by atoms with Gasteiger partial charge in [-0.05, 0) is 36.6 Å². The number of thiophene rings is 1. The molecule has 2 aliphatic rings. The predicted octanol–water partition coefficient (Wildman–Crippen LogP) is 2.91. The molecule has 7 heteroatoms. The summed E-state index contributed by atoms with van der Waals surface area (Å²) >= 11 is 1.35. The Morgan fingerprint density at radius 3 is 2.92 bits per heavy atom. The van der Waals surface area contributed by atoms with Gasteiger partial charge in [0, 0.05) is 30.7 Å². The number of carbonyl (C=O) groups excluding carboxylic acids is 1. The lowest BCUT2D eigenvalue weighted by molar-refractivity contribution is 0.0943. The van der Waals surface area contributed by atoms with Gasteiger partial charge in [0.05, 0.1) is 0 Å². The van der Waals surface area contributed by atoms with Crippen molar-refractivity contribution in [1.82, 2.24) is 5.32 Å². The van der Waals surface area contributed by atoms with Gasteiger partial charge in [-0.15, -0.1) is 11.3 Å². The lowest BCUT2D eigenvalue weighted by Gasteiger charge is -2.19. The Hall–Kier alpha value is -2.28. The van der Waals surface area contributed by atoms with Crippen molar-refractivity contribution in [3.8, 4) is 11.5 Å². The maximum atomic E-state index is 13.0. The monoisotopic (exact) mass is 362 g/mol. The van der Waals surface area contributed by atoms with E-state index in [4.69, 9.17) is 9.47 Å². The maximum absolute atomic E-state index is 13.0. The Morgan fingerprint density at radius 2 is 2.08 bits per heavy atom. The van der Waals surface area contributed by atoms with E-state index >= 15 is 0 Å². The van der Waals surface area contributed by atoms with E-state index in [1.165, 1.54) is 23.5 Å². The highest BCUT2D eigenvalue weighted by atomic mass is 32.1. The van der Waals surface area contributed by atoms with Crippen molar-refractivity contribution in [1.29, 1.82) is 0 Å². The third-order valence-electron chi connectivity index (χ3n) is 4.54. The van der Waals surface area contributed by atoms with Crippen molar-refractivity contribution < 1.29 is 18.7 Å². The first-order valence-corrected chi connectivity index (χ1v) is 9.24. The molecular weight excluding hydrogens is 343 g/mol. The number of carbonyl (C=O) groups is 1. The number of benzene rings is 1. The molecule has 132 valence electrons. The summed E-state index contributed by atoms with van der Waals surface area (Å²) in [5.41, 5.74) is 1.02. The third-order valence-corrected chi connectivity index (χ3v) is 5.47. The van der Waals surface area contributed by atoms with Gasteiger partial charge in [-0.25, -0.2) is 4.39 Å². The number of hydrogen-bond acceptors (Lipinski definition) is 5. The summed E-state index contributed by atoms with van der Waals surface area (Å²) in [6.07, 6.45) is 1.000. The smallest absolute Gasteiger partial charge is 0.265 e. The normalized spacial score (nSPS) is 19.1. The summed E-state index contributed by atoms with van der Waals surface area (Å²) in [7, 11) is 0. The van der Waals surface area contributed by atoms with Crippen molar-refractivity contribution in [2.45, 2.75) is 6.42 Å². The van der Waals surface area contributed by atoms with Gasteiger partial charge >= 0.3 is 0 Å². The van der Waals surface area contributed by atoms with E-state index in [0.717, 1.165) is 25.2 Å². The summed E-state index contributed by atoms with van der Waals surface area (Å²) in [5.74, 6) is 1.26. The molecule has 0 bridgehead atoms. The summed E-state index contributed by atoms with van der Waals surface area (Å²) in [6, 6.07) is 6.55. The molecule has 1 N–H and O–H groups in total. The number of rotatable bonds is 4. The molecule has 5 nitrogen and oxygen atoms in total. The number of ether oxygens (including phenoxy) is 2. The molecular formula is C18H19FN2O3S. The van der Waals surface area contributed by atoms with Crippen LogP contribution in [0.4, 0.5) is 10.1 Å². The van der Waals surface area contributed by atoms with E-state index in [0.29, 0.717) is 42.1 Å². The minimum atomic E-state index is -0.225. The summed E-state index contributed by atoms with van der Waals surface area (Å²) in [5, 5.41) is 4.82. The van der Waals surface area contributed by atoms with E-state index in [1.54, 1.807) is 12.1 Å². The minimum absolute atomic E-state index is 0.114. The molecule has 3 heterocycles. The molecule has 0 saturated carbocycles. The molecule has 1 amide bonds. The molecule has 1 aromatic heterocycles. The van der Waals surface area contributed by atoms with Crippen molar-refractivity contribution in [3.05, 3.63) is 40.3 Å². The molecule has 0 spiro atoms. The van der Waals surface area contributed by atoms with Gasteiger partial charge in [0.1, 0.15) is 23.9 Å². The Kier molecular flexibility index (Phi) is 4.48.